The molecule has 0 fully saturated rings. The molecule has 130 valence electrons. The second-order valence-corrected chi connectivity index (χ2v) is 7.43. The Morgan fingerprint density at radius 3 is 1.96 bits per heavy atom. The molecule has 0 saturated heterocycles. The molecule has 2 heteroatoms. The van der Waals surface area contributed by atoms with Gasteiger partial charge in [-0.1, -0.05) is 62.4 Å². The van der Waals surface area contributed by atoms with Crippen molar-refractivity contribution < 1.29 is 9.22 Å². The highest BCUT2D eigenvalue weighted by atomic mass is 16.5. The first kappa shape index (κ1) is 19.8. The summed E-state index contributed by atoms with van der Waals surface area (Å²) in [6.07, 6.45) is 14.6. The van der Waals surface area contributed by atoms with E-state index in [2.05, 4.69) is 33.3 Å². The van der Waals surface area contributed by atoms with Gasteiger partial charge in [0.1, 0.15) is 0 Å². The van der Waals surface area contributed by atoms with Crippen molar-refractivity contribution in [1.82, 2.24) is 0 Å². The van der Waals surface area contributed by atoms with Gasteiger partial charge in [0, 0.05) is 0 Å². The molecule has 0 bridgehead atoms. The van der Waals surface area contributed by atoms with Crippen LogP contribution >= 0.6 is 0 Å². The Morgan fingerprint density at radius 1 is 0.783 bits per heavy atom. The van der Waals surface area contributed by atoms with Crippen LogP contribution in [-0.4, -0.2) is 38.8 Å². The van der Waals surface area contributed by atoms with Gasteiger partial charge in [0.25, 0.3) is 0 Å². The SMILES string of the molecule is C[N+](C)(C)CCCCCCCCCCOC=Cc1ccccc1. The van der Waals surface area contributed by atoms with E-state index >= 15 is 0 Å². The van der Waals surface area contributed by atoms with Crippen LogP contribution in [0, 0.1) is 0 Å². The van der Waals surface area contributed by atoms with Crippen LogP contribution in [0.5, 0.6) is 0 Å². The summed E-state index contributed by atoms with van der Waals surface area (Å²) in [5.74, 6) is 0. The van der Waals surface area contributed by atoms with Crippen molar-refractivity contribution in [1.29, 1.82) is 0 Å². The van der Waals surface area contributed by atoms with E-state index in [0.29, 0.717) is 0 Å². The first-order valence-corrected chi connectivity index (χ1v) is 9.21. The summed E-state index contributed by atoms with van der Waals surface area (Å²) in [4.78, 5) is 0. The minimum atomic E-state index is 0.840. The van der Waals surface area contributed by atoms with Crippen LogP contribution < -0.4 is 0 Å². The molecule has 1 aromatic rings. The van der Waals surface area contributed by atoms with Crippen LogP contribution in [-0.2, 0) is 4.74 Å². The van der Waals surface area contributed by atoms with Crippen molar-refractivity contribution in [3.8, 4) is 0 Å². The van der Waals surface area contributed by atoms with Crippen molar-refractivity contribution in [2.75, 3.05) is 34.3 Å². The topological polar surface area (TPSA) is 9.23 Å². The summed E-state index contributed by atoms with van der Waals surface area (Å²) in [7, 11) is 6.82. The highest BCUT2D eigenvalue weighted by Gasteiger charge is 2.04. The van der Waals surface area contributed by atoms with Crippen molar-refractivity contribution >= 4 is 6.08 Å². The van der Waals surface area contributed by atoms with Gasteiger partial charge in [-0.05, 0) is 30.9 Å². The smallest absolute Gasteiger partial charge is 0.0873 e. The third-order valence-corrected chi connectivity index (χ3v) is 4.00. The molecule has 1 rings (SSSR count). The van der Waals surface area contributed by atoms with Gasteiger partial charge in [-0.15, -0.1) is 0 Å². The minimum absolute atomic E-state index is 0.840. The van der Waals surface area contributed by atoms with Gasteiger partial charge in [-0.2, -0.15) is 0 Å². The first-order chi connectivity index (χ1) is 11.1. The molecule has 0 aromatic heterocycles. The van der Waals surface area contributed by atoms with E-state index < -0.39 is 0 Å². The van der Waals surface area contributed by atoms with Crippen LogP contribution in [0.25, 0.3) is 6.08 Å². The van der Waals surface area contributed by atoms with E-state index in [-0.39, 0.29) is 0 Å². The molecule has 0 N–H and O–H groups in total. The van der Waals surface area contributed by atoms with Crippen LogP contribution in [0.1, 0.15) is 56.9 Å². The van der Waals surface area contributed by atoms with Crippen LogP contribution in [0.15, 0.2) is 36.6 Å². The second kappa shape index (κ2) is 12.2. The Kier molecular flexibility index (Phi) is 10.5. The predicted octanol–water partition coefficient (Wildman–Crippen LogP) is 5.50. The zero-order chi connectivity index (χ0) is 16.8. The summed E-state index contributed by atoms with van der Waals surface area (Å²) in [6, 6.07) is 10.3. The quantitative estimate of drug-likeness (QED) is 0.265. The van der Waals surface area contributed by atoms with E-state index in [9.17, 15) is 0 Å². The third-order valence-electron chi connectivity index (χ3n) is 4.00. The van der Waals surface area contributed by atoms with Gasteiger partial charge in [0.05, 0.1) is 40.6 Å². The molecule has 0 spiro atoms. The van der Waals surface area contributed by atoms with E-state index in [1.807, 2.05) is 30.5 Å². The molecular weight excluding hydrogens is 282 g/mol. The summed E-state index contributed by atoms with van der Waals surface area (Å²) >= 11 is 0. The van der Waals surface area contributed by atoms with Gasteiger partial charge in [-0.25, -0.2) is 0 Å². The lowest BCUT2D eigenvalue weighted by molar-refractivity contribution is -0.870. The third kappa shape index (κ3) is 12.9. The van der Waals surface area contributed by atoms with E-state index in [4.69, 9.17) is 4.74 Å². The molecule has 1 aromatic carbocycles. The molecule has 0 aliphatic rings. The zero-order valence-electron chi connectivity index (χ0n) is 15.5. The lowest BCUT2D eigenvalue weighted by Gasteiger charge is -2.23. The normalized spacial score (nSPS) is 12.0. The van der Waals surface area contributed by atoms with Crippen molar-refractivity contribution in [3.05, 3.63) is 42.2 Å². The molecule has 23 heavy (non-hydrogen) atoms. The largest absolute Gasteiger partial charge is 0.501 e. The van der Waals surface area contributed by atoms with Gasteiger partial charge < -0.3 is 9.22 Å². The fourth-order valence-corrected chi connectivity index (χ4v) is 2.59. The molecule has 0 heterocycles. The minimum Gasteiger partial charge on any atom is -0.501 e. The standard InChI is InChI=1S/C21H36NO/c1-22(2,3)18-13-8-6-4-5-7-9-14-19-23-20-17-21-15-11-10-12-16-21/h10-12,15-17,20H,4-9,13-14,18-19H2,1-3H3/q+1. The number of quaternary nitrogens is 1. The fraction of sp³-hybridized carbons (Fsp3) is 0.619. The van der Waals surface area contributed by atoms with Crippen LogP contribution in [0.3, 0.4) is 0 Å². The summed E-state index contributed by atoms with van der Waals surface area (Å²) in [5, 5.41) is 0. The Labute approximate surface area is 143 Å². The summed E-state index contributed by atoms with van der Waals surface area (Å²) in [6.45, 7) is 2.14. The number of nitrogens with zero attached hydrogens (tertiary/aromatic N) is 1. The number of ether oxygens (including phenoxy) is 1. The molecule has 0 atom stereocenters. The molecule has 0 unspecified atom stereocenters. The number of hydrogen-bond acceptors (Lipinski definition) is 1. The van der Waals surface area contributed by atoms with Gasteiger partial charge in [0.15, 0.2) is 0 Å². The van der Waals surface area contributed by atoms with Crippen LogP contribution in [0.4, 0.5) is 0 Å². The van der Waals surface area contributed by atoms with E-state index in [0.717, 1.165) is 11.1 Å². The number of benzene rings is 1. The van der Waals surface area contributed by atoms with Crippen molar-refractivity contribution in [3.63, 3.8) is 0 Å². The maximum atomic E-state index is 5.55. The lowest BCUT2D eigenvalue weighted by Crippen LogP contribution is -2.35. The van der Waals surface area contributed by atoms with Gasteiger partial charge >= 0.3 is 0 Å². The molecule has 0 aliphatic heterocycles. The molecule has 2 nitrogen and oxygen atoms in total. The monoisotopic (exact) mass is 318 g/mol. The Bertz CT molecular complexity index is 406. The number of unbranched alkanes of at least 4 members (excludes halogenated alkanes) is 7. The molecular formula is C21H36NO+. The summed E-state index contributed by atoms with van der Waals surface area (Å²) in [5.41, 5.74) is 1.19. The van der Waals surface area contributed by atoms with Crippen LogP contribution in [0.2, 0.25) is 0 Å². The Morgan fingerprint density at radius 2 is 1.35 bits per heavy atom. The molecule has 0 aliphatic carbocycles. The average Bonchev–Trinajstić information content (AvgIpc) is 2.52. The first-order valence-electron chi connectivity index (χ1n) is 9.21. The number of rotatable bonds is 13. The fourth-order valence-electron chi connectivity index (χ4n) is 2.59. The predicted molar refractivity (Wildman–Crippen MR) is 101 cm³/mol. The maximum absolute atomic E-state index is 5.55. The average molecular weight is 319 g/mol. The van der Waals surface area contributed by atoms with E-state index in [1.54, 1.807) is 0 Å². The van der Waals surface area contributed by atoms with Crippen molar-refractivity contribution in [2.24, 2.45) is 0 Å². The van der Waals surface area contributed by atoms with E-state index in [1.165, 1.54) is 63.5 Å². The second-order valence-electron chi connectivity index (χ2n) is 7.43. The zero-order valence-corrected chi connectivity index (χ0v) is 15.5. The summed E-state index contributed by atoms with van der Waals surface area (Å²) < 4.78 is 6.64. The molecule has 0 radical (unpaired) electrons. The highest BCUT2D eigenvalue weighted by molar-refractivity contribution is 5.47. The Hall–Kier alpha value is -1.28. The molecule has 0 saturated carbocycles. The lowest BCUT2D eigenvalue weighted by atomic mass is 10.1. The molecule has 0 amide bonds. The van der Waals surface area contributed by atoms with Crippen molar-refractivity contribution in [2.45, 2.75) is 51.4 Å². The van der Waals surface area contributed by atoms with Gasteiger partial charge in [-0.3, -0.25) is 0 Å². The van der Waals surface area contributed by atoms with Gasteiger partial charge in [0.2, 0.25) is 0 Å². The highest BCUT2D eigenvalue weighted by Crippen LogP contribution is 2.10. The Balaban J connectivity index is 1.82. The maximum Gasteiger partial charge on any atom is 0.0873 e. The number of hydrogen-bond donors (Lipinski definition) is 0.